The molecule has 2 aromatic rings. The van der Waals surface area contributed by atoms with E-state index < -0.39 is 5.97 Å². The van der Waals surface area contributed by atoms with Crippen molar-refractivity contribution in [2.24, 2.45) is 11.8 Å². The summed E-state index contributed by atoms with van der Waals surface area (Å²) in [7, 11) is 0. The zero-order valence-electron chi connectivity index (χ0n) is 17.9. The van der Waals surface area contributed by atoms with Crippen LogP contribution in [0.3, 0.4) is 0 Å². The number of rotatable bonds is 9. The summed E-state index contributed by atoms with van der Waals surface area (Å²) in [4.78, 5) is 11.8. The van der Waals surface area contributed by atoms with Crippen LogP contribution in [0.1, 0.15) is 66.9 Å². The highest BCUT2D eigenvalue weighted by atomic mass is 16.4. The van der Waals surface area contributed by atoms with Gasteiger partial charge in [0.2, 0.25) is 0 Å². The first-order valence-electron chi connectivity index (χ1n) is 11.2. The first-order chi connectivity index (χ1) is 14.1. The van der Waals surface area contributed by atoms with E-state index in [2.05, 4.69) is 18.3 Å². The second kappa shape index (κ2) is 10.6. The maximum Gasteiger partial charge on any atom is 0.336 e. The summed E-state index contributed by atoms with van der Waals surface area (Å²) < 4.78 is 0. The number of hydrogen-bond acceptors (Lipinski definition) is 2. The van der Waals surface area contributed by atoms with Gasteiger partial charge in [0.25, 0.3) is 0 Å². The highest BCUT2D eigenvalue weighted by molar-refractivity contribution is 5.96. The number of nitrogens with one attached hydrogen (secondary N) is 1. The van der Waals surface area contributed by atoms with E-state index in [1.54, 1.807) is 6.07 Å². The van der Waals surface area contributed by atoms with Gasteiger partial charge in [-0.1, -0.05) is 62.6 Å². The summed E-state index contributed by atoms with van der Waals surface area (Å²) in [6.45, 7) is 6.63. The number of aryl methyl sites for hydroxylation is 2. The Balaban J connectivity index is 1.80. The van der Waals surface area contributed by atoms with Crippen LogP contribution >= 0.6 is 0 Å². The van der Waals surface area contributed by atoms with E-state index in [9.17, 15) is 9.90 Å². The number of aromatic carboxylic acids is 1. The van der Waals surface area contributed by atoms with Crippen molar-refractivity contribution in [2.75, 3.05) is 13.1 Å². The molecular formula is C26H35NO2. The maximum absolute atomic E-state index is 11.8. The Morgan fingerprint density at radius 2 is 1.86 bits per heavy atom. The molecule has 3 heteroatoms. The van der Waals surface area contributed by atoms with Crippen molar-refractivity contribution in [3.05, 3.63) is 59.2 Å². The van der Waals surface area contributed by atoms with Gasteiger partial charge in [0.15, 0.2) is 0 Å². The molecule has 1 unspecified atom stereocenters. The molecule has 29 heavy (non-hydrogen) atoms. The Labute approximate surface area is 175 Å². The van der Waals surface area contributed by atoms with Gasteiger partial charge in [0.1, 0.15) is 0 Å². The molecule has 3 rings (SSSR count). The van der Waals surface area contributed by atoms with Crippen molar-refractivity contribution in [2.45, 2.75) is 58.8 Å². The van der Waals surface area contributed by atoms with Crippen LogP contribution in [0.25, 0.3) is 11.1 Å². The molecule has 0 saturated carbocycles. The van der Waals surface area contributed by atoms with E-state index in [0.29, 0.717) is 5.56 Å². The van der Waals surface area contributed by atoms with Gasteiger partial charge < -0.3 is 10.4 Å². The van der Waals surface area contributed by atoms with Crippen molar-refractivity contribution >= 4 is 5.97 Å². The van der Waals surface area contributed by atoms with E-state index in [0.717, 1.165) is 48.0 Å². The largest absolute Gasteiger partial charge is 0.478 e. The fraction of sp³-hybridized carbons (Fsp3) is 0.500. The standard InChI is InChI=1S/C26H35NO2/c1-3-4-8-21(22-14-16-27-17-15-22)12-10-20-11-13-24(26(28)29)25(18-20)23-9-6-5-7-19(23)2/h5-7,9,11,13,18,21-22,27H,3-4,8,10,12,14-17H2,1-2H3,(H,28,29). The lowest BCUT2D eigenvalue weighted by Crippen LogP contribution is -2.31. The molecule has 0 aromatic heterocycles. The number of unbranched alkanes of at least 4 members (excludes halogenated alkanes) is 1. The van der Waals surface area contributed by atoms with Crippen LogP contribution in [0.2, 0.25) is 0 Å². The maximum atomic E-state index is 11.8. The zero-order chi connectivity index (χ0) is 20.6. The average Bonchev–Trinajstić information content (AvgIpc) is 2.74. The van der Waals surface area contributed by atoms with Crippen LogP contribution < -0.4 is 5.32 Å². The number of carboxylic acids is 1. The van der Waals surface area contributed by atoms with E-state index in [1.807, 2.05) is 37.3 Å². The van der Waals surface area contributed by atoms with Crippen LogP contribution in [0.4, 0.5) is 0 Å². The molecule has 1 aliphatic heterocycles. The highest BCUT2D eigenvalue weighted by Gasteiger charge is 2.23. The van der Waals surface area contributed by atoms with Crippen molar-refractivity contribution in [1.29, 1.82) is 0 Å². The molecule has 0 bridgehead atoms. The molecule has 156 valence electrons. The Kier molecular flexibility index (Phi) is 7.88. The lowest BCUT2D eigenvalue weighted by atomic mass is 9.78. The van der Waals surface area contributed by atoms with Gasteiger partial charge in [0, 0.05) is 0 Å². The van der Waals surface area contributed by atoms with Gasteiger partial charge >= 0.3 is 5.97 Å². The smallest absolute Gasteiger partial charge is 0.336 e. The Morgan fingerprint density at radius 3 is 2.55 bits per heavy atom. The monoisotopic (exact) mass is 393 g/mol. The minimum atomic E-state index is -0.856. The third kappa shape index (κ3) is 5.70. The third-order valence-electron chi connectivity index (χ3n) is 6.53. The van der Waals surface area contributed by atoms with Crippen LogP contribution in [0, 0.1) is 18.8 Å². The molecule has 1 aliphatic rings. The van der Waals surface area contributed by atoms with E-state index in [-0.39, 0.29) is 0 Å². The molecule has 0 amide bonds. The van der Waals surface area contributed by atoms with Crippen molar-refractivity contribution in [1.82, 2.24) is 5.32 Å². The predicted octanol–water partition coefficient (Wildman–Crippen LogP) is 6.10. The van der Waals surface area contributed by atoms with Gasteiger partial charge in [-0.25, -0.2) is 4.79 Å². The fourth-order valence-corrected chi connectivity index (χ4v) is 4.78. The molecule has 2 N–H and O–H groups in total. The van der Waals surface area contributed by atoms with Crippen molar-refractivity contribution in [3.8, 4) is 11.1 Å². The number of benzene rings is 2. The summed E-state index contributed by atoms with van der Waals surface area (Å²) in [6.07, 6.45) is 8.69. The third-order valence-corrected chi connectivity index (χ3v) is 6.53. The van der Waals surface area contributed by atoms with Gasteiger partial charge in [0.05, 0.1) is 5.56 Å². The Bertz CT molecular complexity index is 808. The van der Waals surface area contributed by atoms with Gasteiger partial charge in [-0.2, -0.15) is 0 Å². The first kappa shape index (κ1) is 21.6. The number of piperidine rings is 1. The van der Waals surface area contributed by atoms with Crippen LogP contribution in [0.15, 0.2) is 42.5 Å². The molecular weight excluding hydrogens is 358 g/mol. The molecule has 0 spiro atoms. The number of carboxylic acid groups (broad SMARTS) is 1. The Hall–Kier alpha value is -2.13. The lowest BCUT2D eigenvalue weighted by Gasteiger charge is -2.31. The molecule has 0 aliphatic carbocycles. The lowest BCUT2D eigenvalue weighted by molar-refractivity contribution is 0.0697. The molecule has 1 saturated heterocycles. The SMILES string of the molecule is CCCCC(CCc1ccc(C(=O)O)c(-c2ccccc2C)c1)C1CCNCC1. The zero-order valence-corrected chi connectivity index (χ0v) is 17.9. The molecule has 1 heterocycles. The Morgan fingerprint density at radius 1 is 1.10 bits per heavy atom. The fourth-order valence-electron chi connectivity index (χ4n) is 4.78. The molecule has 0 radical (unpaired) electrons. The molecule has 1 atom stereocenters. The van der Waals surface area contributed by atoms with Gasteiger partial charge in [-0.3, -0.25) is 0 Å². The second-order valence-electron chi connectivity index (χ2n) is 8.53. The van der Waals surface area contributed by atoms with Crippen molar-refractivity contribution in [3.63, 3.8) is 0 Å². The van der Waals surface area contributed by atoms with E-state index >= 15 is 0 Å². The highest BCUT2D eigenvalue weighted by Crippen LogP contribution is 2.32. The number of carbonyl (C=O) groups is 1. The van der Waals surface area contributed by atoms with Crippen molar-refractivity contribution < 1.29 is 9.90 Å². The molecule has 1 fully saturated rings. The van der Waals surface area contributed by atoms with E-state index in [4.69, 9.17) is 0 Å². The minimum absolute atomic E-state index is 0.393. The number of hydrogen-bond donors (Lipinski definition) is 2. The van der Waals surface area contributed by atoms with Gasteiger partial charge in [-0.15, -0.1) is 0 Å². The quantitative estimate of drug-likeness (QED) is 0.541. The first-order valence-corrected chi connectivity index (χ1v) is 11.2. The second-order valence-corrected chi connectivity index (χ2v) is 8.53. The molecule has 2 aromatic carbocycles. The minimum Gasteiger partial charge on any atom is -0.478 e. The van der Waals surface area contributed by atoms with Crippen LogP contribution in [0.5, 0.6) is 0 Å². The summed E-state index contributed by atoms with van der Waals surface area (Å²) >= 11 is 0. The van der Waals surface area contributed by atoms with Crippen LogP contribution in [-0.4, -0.2) is 24.2 Å². The summed E-state index contributed by atoms with van der Waals surface area (Å²) in [6, 6.07) is 14.0. The van der Waals surface area contributed by atoms with E-state index in [1.165, 1.54) is 44.1 Å². The predicted molar refractivity (Wildman–Crippen MR) is 121 cm³/mol. The summed E-state index contributed by atoms with van der Waals surface area (Å²) in [5.41, 5.74) is 4.63. The summed E-state index contributed by atoms with van der Waals surface area (Å²) in [5, 5.41) is 13.2. The molecule has 3 nitrogen and oxygen atoms in total. The topological polar surface area (TPSA) is 49.3 Å². The normalized spacial score (nSPS) is 15.9. The van der Waals surface area contributed by atoms with Crippen LogP contribution in [-0.2, 0) is 6.42 Å². The van der Waals surface area contributed by atoms with Gasteiger partial charge in [-0.05, 0) is 85.9 Å². The summed E-state index contributed by atoms with van der Waals surface area (Å²) in [5.74, 6) is 0.750. The average molecular weight is 394 g/mol.